The molecule has 0 heterocycles. The summed E-state index contributed by atoms with van der Waals surface area (Å²) in [5.74, 6) is 0. The second-order valence-electron chi connectivity index (χ2n) is 14.0. The lowest BCUT2D eigenvalue weighted by Crippen LogP contribution is -2.56. The van der Waals surface area contributed by atoms with Crippen molar-refractivity contribution in [1.82, 2.24) is 0 Å². The zero-order valence-corrected chi connectivity index (χ0v) is 25.0. The predicted molar refractivity (Wildman–Crippen MR) is 157 cm³/mol. The third-order valence-corrected chi connectivity index (χ3v) is 16.8. The molecule has 0 nitrogen and oxygen atoms in total. The summed E-state index contributed by atoms with van der Waals surface area (Å²) < 4.78 is 0. The highest BCUT2D eigenvalue weighted by Gasteiger charge is 2.52. The summed E-state index contributed by atoms with van der Waals surface area (Å²) in [5.41, 5.74) is 10.9. The molecule has 2 aromatic carbocycles. The van der Waals surface area contributed by atoms with Crippen molar-refractivity contribution in [2.24, 2.45) is 0 Å². The average Bonchev–Trinajstić information content (AvgIpc) is 3.21. The van der Waals surface area contributed by atoms with E-state index in [9.17, 15) is 0 Å². The Bertz CT molecular complexity index is 1050. The molecule has 2 fully saturated rings. The molecule has 0 unspecified atom stereocenters. The predicted octanol–water partition coefficient (Wildman–Crippen LogP) is 9.91. The van der Waals surface area contributed by atoms with Gasteiger partial charge in [0.25, 0.3) is 0 Å². The SMILES string of the molecule is CC(C)(C)c1ccc2c(c1)Cc1c-2ccc(C(C)(C)C)c1[Si](Cl)(C1CCCCC1)C1CCCCC1. The van der Waals surface area contributed by atoms with Crippen LogP contribution in [0.3, 0.4) is 0 Å². The highest BCUT2D eigenvalue weighted by Crippen LogP contribution is 2.53. The molecule has 2 aromatic rings. The van der Waals surface area contributed by atoms with Gasteiger partial charge in [0, 0.05) is 0 Å². The van der Waals surface area contributed by atoms with Crippen LogP contribution in [0.5, 0.6) is 0 Å². The van der Waals surface area contributed by atoms with Gasteiger partial charge in [-0.15, -0.1) is 0 Å². The van der Waals surface area contributed by atoms with Gasteiger partial charge in [-0.1, -0.05) is 136 Å². The van der Waals surface area contributed by atoms with E-state index in [1.807, 2.05) is 0 Å². The van der Waals surface area contributed by atoms with E-state index in [1.165, 1.54) is 86.5 Å². The quantitative estimate of drug-likeness (QED) is 0.245. The van der Waals surface area contributed by atoms with Crippen LogP contribution in [0.1, 0.15) is 128 Å². The lowest BCUT2D eigenvalue weighted by atomic mass is 9.84. The van der Waals surface area contributed by atoms with Crippen LogP contribution in [0.25, 0.3) is 11.1 Å². The van der Waals surface area contributed by atoms with Crippen molar-refractivity contribution in [2.75, 3.05) is 0 Å². The highest BCUT2D eigenvalue weighted by atomic mass is 35.6. The molecule has 3 aliphatic carbocycles. The van der Waals surface area contributed by atoms with E-state index in [0.29, 0.717) is 0 Å². The van der Waals surface area contributed by atoms with Gasteiger partial charge in [-0.3, -0.25) is 0 Å². The number of hydrogen-bond donors (Lipinski definition) is 0. The molecule has 2 heteroatoms. The van der Waals surface area contributed by atoms with Gasteiger partial charge in [0.2, 0.25) is 0 Å². The third-order valence-electron chi connectivity index (χ3n) is 9.53. The molecule has 2 saturated carbocycles. The van der Waals surface area contributed by atoms with Crippen molar-refractivity contribution >= 4 is 23.6 Å². The molecular formula is C33H47ClSi. The molecule has 0 saturated heterocycles. The number of hydrogen-bond acceptors (Lipinski definition) is 0. The van der Waals surface area contributed by atoms with E-state index in [2.05, 4.69) is 71.9 Å². The largest absolute Gasteiger partial charge is 0.193 e. The molecule has 190 valence electrons. The van der Waals surface area contributed by atoms with Crippen LogP contribution in [0.2, 0.25) is 11.1 Å². The summed E-state index contributed by atoms with van der Waals surface area (Å²) in [6.07, 6.45) is 14.9. The van der Waals surface area contributed by atoms with Gasteiger partial charge in [-0.2, -0.15) is 11.1 Å². The van der Waals surface area contributed by atoms with E-state index in [-0.39, 0.29) is 10.8 Å². The molecule has 0 radical (unpaired) electrons. The number of fused-ring (bicyclic) bond motifs is 3. The van der Waals surface area contributed by atoms with Crippen LogP contribution in [0.15, 0.2) is 30.3 Å². The van der Waals surface area contributed by atoms with Gasteiger partial charge in [-0.25, -0.2) is 0 Å². The zero-order valence-electron chi connectivity index (χ0n) is 23.2. The van der Waals surface area contributed by atoms with E-state index in [4.69, 9.17) is 11.1 Å². The normalized spacial score (nSPS) is 20.1. The molecule has 0 amide bonds. The van der Waals surface area contributed by atoms with Crippen LogP contribution in [0.4, 0.5) is 0 Å². The monoisotopic (exact) mass is 506 g/mol. The summed E-state index contributed by atoms with van der Waals surface area (Å²) in [7, 11) is -2.25. The van der Waals surface area contributed by atoms with E-state index >= 15 is 0 Å². The fraction of sp³-hybridized carbons (Fsp3) is 0.636. The fourth-order valence-corrected chi connectivity index (χ4v) is 15.1. The minimum Gasteiger partial charge on any atom is -0.160 e. The molecule has 0 aliphatic heterocycles. The maximum Gasteiger partial charge on any atom is 0.193 e. The Balaban J connectivity index is 1.72. The minimum atomic E-state index is -2.25. The molecule has 0 atom stereocenters. The first-order valence-corrected chi connectivity index (χ1v) is 17.7. The Labute approximate surface area is 221 Å². The van der Waals surface area contributed by atoms with Gasteiger partial charge in [0.15, 0.2) is 7.38 Å². The van der Waals surface area contributed by atoms with Crippen LogP contribution >= 0.6 is 11.1 Å². The van der Waals surface area contributed by atoms with Crippen molar-refractivity contribution in [1.29, 1.82) is 0 Å². The van der Waals surface area contributed by atoms with Crippen LogP contribution in [0, 0.1) is 0 Å². The van der Waals surface area contributed by atoms with Gasteiger partial charge in [0.1, 0.15) is 0 Å². The molecule has 0 spiro atoms. The van der Waals surface area contributed by atoms with Gasteiger partial charge < -0.3 is 0 Å². The smallest absolute Gasteiger partial charge is 0.160 e. The zero-order chi connectivity index (χ0) is 25.0. The van der Waals surface area contributed by atoms with Crippen molar-refractivity contribution in [2.45, 2.75) is 134 Å². The number of halogens is 1. The topological polar surface area (TPSA) is 0 Å². The third kappa shape index (κ3) is 4.59. The van der Waals surface area contributed by atoms with Gasteiger partial charge in [-0.05, 0) is 66.9 Å². The lowest BCUT2D eigenvalue weighted by molar-refractivity contribution is 0.461. The Morgan fingerprint density at radius 1 is 0.686 bits per heavy atom. The minimum absolute atomic E-state index is 0.117. The Morgan fingerprint density at radius 3 is 1.74 bits per heavy atom. The lowest BCUT2D eigenvalue weighted by Gasteiger charge is -2.46. The molecule has 0 N–H and O–H groups in total. The standard InChI is InChI=1S/C33H47ClSi/c1-32(2,3)24-17-18-27-23(21-24)22-29-28(27)19-20-30(33(4,5)6)31(29)35(34,25-13-9-7-10-14-25)26-15-11-8-12-16-26/h17-21,25-26H,7-16,22H2,1-6H3. The molecule has 35 heavy (non-hydrogen) atoms. The second-order valence-corrected chi connectivity index (χ2v) is 19.5. The van der Waals surface area contributed by atoms with E-state index in [0.717, 1.165) is 17.5 Å². The Hall–Kier alpha value is -1.05. The molecule has 0 bridgehead atoms. The maximum atomic E-state index is 8.40. The molecular weight excluding hydrogens is 460 g/mol. The second kappa shape index (κ2) is 9.36. The number of benzene rings is 2. The average molecular weight is 507 g/mol. The number of rotatable bonds is 3. The van der Waals surface area contributed by atoms with Crippen molar-refractivity contribution in [3.05, 3.63) is 52.6 Å². The van der Waals surface area contributed by atoms with Gasteiger partial charge >= 0.3 is 0 Å². The first-order chi connectivity index (χ1) is 16.5. The summed E-state index contributed by atoms with van der Waals surface area (Å²) >= 11 is 8.40. The van der Waals surface area contributed by atoms with Crippen molar-refractivity contribution < 1.29 is 0 Å². The maximum absolute atomic E-state index is 8.40. The van der Waals surface area contributed by atoms with Crippen LogP contribution < -0.4 is 5.19 Å². The van der Waals surface area contributed by atoms with Crippen molar-refractivity contribution in [3.63, 3.8) is 0 Å². The van der Waals surface area contributed by atoms with Crippen molar-refractivity contribution in [3.8, 4) is 11.1 Å². The first kappa shape index (κ1) is 25.6. The van der Waals surface area contributed by atoms with E-state index < -0.39 is 7.38 Å². The van der Waals surface area contributed by atoms with Crippen LogP contribution in [-0.4, -0.2) is 7.38 Å². The molecule has 5 rings (SSSR count). The van der Waals surface area contributed by atoms with Gasteiger partial charge in [0.05, 0.1) is 0 Å². The molecule has 0 aromatic heterocycles. The molecule has 3 aliphatic rings. The fourth-order valence-electron chi connectivity index (χ4n) is 7.59. The summed E-state index contributed by atoms with van der Waals surface area (Å²) in [6.45, 7) is 14.3. The summed E-state index contributed by atoms with van der Waals surface area (Å²) in [5, 5.41) is 1.69. The first-order valence-electron chi connectivity index (χ1n) is 14.5. The summed E-state index contributed by atoms with van der Waals surface area (Å²) in [6, 6.07) is 12.3. The Morgan fingerprint density at radius 2 is 1.23 bits per heavy atom. The summed E-state index contributed by atoms with van der Waals surface area (Å²) in [4.78, 5) is 0. The highest BCUT2D eigenvalue weighted by molar-refractivity contribution is 7.29. The van der Waals surface area contributed by atoms with Crippen LogP contribution in [-0.2, 0) is 17.3 Å². The Kier molecular flexibility index (Phi) is 6.84. The van der Waals surface area contributed by atoms with E-state index in [1.54, 1.807) is 16.3 Å².